The highest BCUT2D eigenvalue weighted by molar-refractivity contribution is 5.07. The summed E-state index contributed by atoms with van der Waals surface area (Å²) in [7, 11) is 0. The topological polar surface area (TPSA) is 9.23 Å². The van der Waals surface area contributed by atoms with Crippen molar-refractivity contribution in [2.45, 2.75) is 52.1 Å². The first-order valence-electron chi connectivity index (χ1n) is 6.17. The van der Waals surface area contributed by atoms with Gasteiger partial charge in [-0.3, -0.25) is 0 Å². The number of hydrogen-bond acceptors (Lipinski definition) is 1. The molecule has 1 nitrogen and oxygen atoms in total. The van der Waals surface area contributed by atoms with Crippen LogP contribution in [0.3, 0.4) is 0 Å². The molecule has 0 aromatic carbocycles. The van der Waals surface area contributed by atoms with Crippen molar-refractivity contribution in [2.24, 2.45) is 17.8 Å². The smallest absolute Gasteiger partial charge is 0.0598 e. The van der Waals surface area contributed by atoms with E-state index in [0.717, 1.165) is 37.2 Å². The molecule has 2 aliphatic carbocycles. The van der Waals surface area contributed by atoms with Gasteiger partial charge in [-0.1, -0.05) is 0 Å². The largest absolute Gasteiger partial charge is 0.376 e. The second-order valence-corrected chi connectivity index (χ2v) is 5.85. The van der Waals surface area contributed by atoms with E-state index in [1.807, 2.05) is 0 Å². The van der Waals surface area contributed by atoms with Gasteiger partial charge in [-0.2, -0.15) is 0 Å². The molecular formula is C14H22O. The van der Waals surface area contributed by atoms with E-state index in [2.05, 4.69) is 32.6 Å². The van der Waals surface area contributed by atoms with Gasteiger partial charge in [0, 0.05) is 12.8 Å². The molecule has 1 saturated carbocycles. The van der Waals surface area contributed by atoms with Crippen LogP contribution in [0, 0.1) is 29.6 Å². The molecule has 0 bridgehead atoms. The van der Waals surface area contributed by atoms with E-state index in [-0.39, 0.29) is 5.60 Å². The Morgan fingerprint density at radius 2 is 1.60 bits per heavy atom. The summed E-state index contributed by atoms with van der Waals surface area (Å²) < 4.78 is 5.89. The highest BCUT2D eigenvalue weighted by atomic mass is 16.5. The molecule has 84 valence electrons. The van der Waals surface area contributed by atoms with Crippen LogP contribution in [-0.2, 0) is 4.74 Å². The fraction of sp³-hybridized carbons (Fsp3) is 0.857. The Bertz CT molecular complexity index is 258. The normalized spacial score (nSPS) is 34.5. The average molecular weight is 206 g/mol. The average Bonchev–Trinajstić information content (AvgIpc) is 2.71. The lowest BCUT2D eigenvalue weighted by Gasteiger charge is -2.19. The van der Waals surface area contributed by atoms with Gasteiger partial charge >= 0.3 is 0 Å². The van der Waals surface area contributed by atoms with Gasteiger partial charge in [0.15, 0.2) is 0 Å². The molecule has 2 aliphatic rings. The summed E-state index contributed by atoms with van der Waals surface area (Å²) in [5.74, 6) is 9.15. The predicted octanol–water partition coefficient (Wildman–Crippen LogP) is 3.24. The van der Waals surface area contributed by atoms with Crippen molar-refractivity contribution in [3.05, 3.63) is 0 Å². The Kier molecular flexibility index (Phi) is 3.07. The molecule has 2 unspecified atom stereocenters. The highest BCUT2D eigenvalue weighted by Crippen LogP contribution is 2.52. The van der Waals surface area contributed by atoms with Gasteiger partial charge in [0.05, 0.1) is 12.2 Å². The first-order chi connectivity index (χ1) is 7.08. The van der Waals surface area contributed by atoms with E-state index in [4.69, 9.17) is 4.74 Å². The fourth-order valence-electron chi connectivity index (χ4n) is 2.63. The molecule has 2 atom stereocenters. The van der Waals surface area contributed by atoms with E-state index in [1.165, 1.54) is 12.8 Å². The lowest BCUT2D eigenvalue weighted by Crippen LogP contribution is -2.21. The van der Waals surface area contributed by atoms with Crippen LogP contribution >= 0.6 is 0 Å². The molecule has 0 saturated heterocycles. The lowest BCUT2D eigenvalue weighted by atomic mass is 10.1. The van der Waals surface area contributed by atoms with Crippen molar-refractivity contribution in [3.8, 4) is 11.8 Å². The third-order valence-electron chi connectivity index (χ3n) is 3.55. The number of ether oxygens (including phenoxy) is 1. The van der Waals surface area contributed by atoms with Crippen LogP contribution in [0.2, 0.25) is 0 Å². The SMILES string of the molecule is CC(C)(C)OCC1C2CCC#CCCC21. The van der Waals surface area contributed by atoms with Gasteiger partial charge in [0.25, 0.3) is 0 Å². The third-order valence-corrected chi connectivity index (χ3v) is 3.55. The van der Waals surface area contributed by atoms with Gasteiger partial charge in [-0.05, 0) is 51.4 Å². The van der Waals surface area contributed by atoms with Crippen LogP contribution in [0.5, 0.6) is 0 Å². The molecule has 0 amide bonds. The third kappa shape index (κ3) is 2.98. The Balaban J connectivity index is 1.78. The highest BCUT2D eigenvalue weighted by Gasteiger charge is 2.48. The second kappa shape index (κ2) is 4.18. The van der Waals surface area contributed by atoms with E-state index >= 15 is 0 Å². The summed E-state index contributed by atoms with van der Waals surface area (Å²) in [6.07, 6.45) is 4.81. The van der Waals surface area contributed by atoms with Gasteiger partial charge in [0.1, 0.15) is 0 Å². The fourth-order valence-corrected chi connectivity index (χ4v) is 2.63. The van der Waals surface area contributed by atoms with E-state index in [0.29, 0.717) is 0 Å². The molecule has 0 heterocycles. The van der Waals surface area contributed by atoms with Crippen LogP contribution in [0.4, 0.5) is 0 Å². The monoisotopic (exact) mass is 206 g/mol. The summed E-state index contributed by atoms with van der Waals surface area (Å²) in [6.45, 7) is 7.38. The molecule has 0 aliphatic heterocycles. The van der Waals surface area contributed by atoms with Crippen LogP contribution in [0.15, 0.2) is 0 Å². The predicted molar refractivity (Wildman–Crippen MR) is 62.4 cm³/mol. The van der Waals surface area contributed by atoms with Gasteiger partial charge in [-0.15, -0.1) is 11.8 Å². The van der Waals surface area contributed by atoms with Crippen LogP contribution in [0.25, 0.3) is 0 Å². The molecule has 0 aromatic rings. The zero-order valence-electron chi connectivity index (χ0n) is 10.2. The van der Waals surface area contributed by atoms with Crippen LogP contribution in [-0.4, -0.2) is 12.2 Å². The van der Waals surface area contributed by atoms with Gasteiger partial charge < -0.3 is 4.74 Å². The molecular weight excluding hydrogens is 184 g/mol. The molecule has 2 rings (SSSR count). The van der Waals surface area contributed by atoms with Gasteiger partial charge in [0.2, 0.25) is 0 Å². The van der Waals surface area contributed by atoms with Crippen molar-refractivity contribution in [1.29, 1.82) is 0 Å². The Labute approximate surface area is 93.6 Å². The number of fused-ring (bicyclic) bond motifs is 1. The van der Waals surface area contributed by atoms with Crippen molar-refractivity contribution < 1.29 is 4.74 Å². The van der Waals surface area contributed by atoms with Crippen molar-refractivity contribution >= 4 is 0 Å². The summed E-state index contributed by atoms with van der Waals surface area (Å²) in [4.78, 5) is 0. The maximum atomic E-state index is 5.89. The Morgan fingerprint density at radius 1 is 1.07 bits per heavy atom. The van der Waals surface area contributed by atoms with Crippen molar-refractivity contribution in [1.82, 2.24) is 0 Å². The lowest BCUT2D eigenvalue weighted by molar-refractivity contribution is -0.0122. The maximum absolute atomic E-state index is 5.89. The van der Waals surface area contributed by atoms with E-state index in [9.17, 15) is 0 Å². The zero-order valence-corrected chi connectivity index (χ0v) is 10.2. The summed E-state index contributed by atoms with van der Waals surface area (Å²) in [5.41, 5.74) is 0.0222. The molecule has 0 radical (unpaired) electrons. The molecule has 1 fully saturated rings. The number of hydrogen-bond donors (Lipinski definition) is 0. The first-order valence-corrected chi connectivity index (χ1v) is 6.17. The van der Waals surface area contributed by atoms with Gasteiger partial charge in [-0.25, -0.2) is 0 Å². The Hall–Kier alpha value is -0.480. The molecule has 1 heteroatoms. The first kappa shape index (κ1) is 11.0. The number of rotatable bonds is 2. The standard InChI is InChI=1S/C14H22O/c1-14(2,3)15-10-13-11-8-6-4-5-7-9-12(11)13/h11-13H,6-10H2,1-3H3. The molecule has 0 aromatic heterocycles. The molecule has 0 N–H and O–H groups in total. The Morgan fingerprint density at radius 3 is 2.07 bits per heavy atom. The minimum atomic E-state index is 0.0222. The maximum Gasteiger partial charge on any atom is 0.0598 e. The summed E-state index contributed by atoms with van der Waals surface area (Å²) in [5, 5.41) is 0. The minimum Gasteiger partial charge on any atom is -0.376 e. The van der Waals surface area contributed by atoms with Crippen LogP contribution in [0.1, 0.15) is 46.5 Å². The summed E-state index contributed by atoms with van der Waals surface area (Å²) >= 11 is 0. The van der Waals surface area contributed by atoms with E-state index in [1.54, 1.807) is 0 Å². The van der Waals surface area contributed by atoms with Crippen molar-refractivity contribution in [3.63, 3.8) is 0 Å². The molecule has 15 heavy (non-hydrogen) atoms. The minimum absolute atomic E-state index is 0.0222. The van der Waals surface area contributed by atoms with Crippen molar-refractivity contribution in [2.75, 3.05) is 6.61 Å². The quantitative estimate of drug-likeness (QED) is 0.630. The second-order valence-electron chi connectivity index (χ2n) is 5.85. The zero-order chi connectivity index (χ0) is 10.9. The molecule has 0 spiro atoms. The van der Waals surface area contributed by atoms with E-state index < -0.39 is 0 Å². The van der Waals surface area contributed by atoms with Crippen LogP contribution < -0.4 is 0 Å². The summed E-state index contributed by atoms with van der Waals surface area (Å²) in [6, 6.07) is 0.